The van der Waals surface area contributed by atoms with E-state index in [-0.39, 0.29) is 25.7 Å². The minimum atomic E-state index is -4.96. The molecule has 0 aromatic rings. The van der Waals surface area contributed by atoms with E-state index < -0.39 is 97.5 Å². The lowest BCUT2D eigenvalue weighted by molar-refractivity contribution is -0.161. The molecule has 5 atom stereocenters. The van der Waals surface area contributed by atoms with Gasteiger partial charge in [0.1, 0.15) is 19.3 Å². The molecular formula is C84H164O17P2. The zero-order valence-electron chi connectivity index (χ0n) is 67.5. The van der Waals surface area contributed by atoms with E-state index in [0.717, 1.165) is 96.3 Å². The van der Waals surface area contributed by atoms with Gasteiger partial charge in [0.05, 0.1) is 26.4 Å². The summed E-state index contributed by atoms with van der Waals surface area (Å²) in [6.45, 7) is 7.29. The van der Waals surface area contributed by atoms with Gasteiger partial charge in [-0.2, -0.15) is 0 Å². The van der Waals surface area contributed by atoms with Crippen LogP contribution in [-0.2, 0) is 65.4 Å². The third-order valence-corrected chi connectivity index (χ3v) is 21.7. The number of aliphatic hydroxyl groups excluding tert-OH is 1. The van der Waals surface area contributed by atoms with Gasteiger partial charge in [0, 0.05) is 25.7 Å². The fourth-order valence-corrected chi connectivity index (χ4v) is 14.7. The van der Waals surface area contributed by atoms with E-state index in [4.69, 9.17) is 37.0 Å². The standard InChI is InChI=1S/C84H164O17P2/c1-6-9-12-15-18-21-24-27-29-31-33-35-37-39-42-44-47-52-57-62-67-81(86)94-73-79(100-84(89)70-65-60-54-49-46-43-40-38-36-34-32-30-28-25-22-19-16-13-10-7-2)75-98-102(90,91)96-71-78(85)72-97-103(92,93)99-76-80(74-95-82(87)68-63-58-55-50-51-56-61-66-77(4)5)101-83(88)69-64-59-53-48-45-41-26-23-20-17-14-11-8-3/h77-80,85H,6-76H2,1-5H3,(H,90,91)(H,92,93)/t78-,79-,80-/m1/s1. The van der Waals surface area contributed by atoms with Crippen molar-refractivity contribution in [3.8, 4) is 0 Å². The molecule has 0 saturated carbocycles. The first kappa shape index (κ1) is 101. The second-order valence-corrected chi connectivity index (χ2v) is 33.6. The van der Waals surface area contributed by atoms with Crippen LogP contribution >= 0.6 is 15.6 Å². The monoisotopic (exact) mass is 1510 g/mol. The van der Waals surface area contributed by atoms with E-state index in [1.165, 1.54) is 270 Å². The van der Waals surface area contributed by atoms with E-state index in [2.05, 4.69) is 34.6 Å². The van der Waals surface area contributed by atoms with Gasteiger partial charge in [-0.1, -0.05) is 401 Å². The van der Waals surface area contributed by atoms with E-state index in [0.29, 0.717) is 31.6 Å². The molecule has 0 spiro atoms. The van der Waals surface area contributed by atoms with Crippen molar-refractivity contribution in [1.82, 2.24) is 0 Å². The minimum Gasteiger partial charge on any atom is -0.462 e. The van der Waals surface area contributed by atoms with Crippen molar-refractivity contribution < 1.29 is 80.2 Å². The fourth-order valence-electron chi connectivity index (χ4n) is 13.1. The van der Waals surface area contributed by atoms with Crippen LogP contribution in [0.4, 0.5) is 0 Å². The SMILES string of the molecule is CCCCCCCCCCCCCCCCCCCCCCC(=O)OC[C@H](COP(=O)(O)OC[C@@H](O)COP(=O)(O)OC[C@@H](COC(=O)CCCCCCCCCC(C)C)OC(=O)CCCCCCCCCCCCCCC)OC(=O)CCCCCCCCCCCCCCCCCCCCCC. The molecule has 0 amide bonds. The maximum absolute atomic E-state index is 13.1. The third-order valence-electron chi connectivity index (χ3n) is 19.8. The van der Waals surface area contributed by atoms with E-state index >= 15 is 0 Å². The Morgan fingerprint density at radius 3 is 0.660 bits per heavy atom. The van der Waals surface area contributed by atoms with Crippen molar-refractivity contribution >= 4 is 39.5 Å². The summed E-state index contributed by atoms with van der Waals surface area (Å²) in [5.41, 5.74) is 0. The lowest BCUT2D eigenvalue weighted by atomic mass is 10.0. The Balaban J connectivity index is 5.21. The third kappa shape index (κ3) is 78.0. The summed E-state index contributed by atoms with van der Waals surface area (Å²) in [4.78, 5) is 73.1. The molecule has 0 bridgehead atoms. The van der Waals surface area contributed by atoms with Crippen molar-refractivity contribution in [2.24, 2.45) is 5.92 Å². The van der Waals surface area contributed by atoms with Crippen molar-refractivity contribution in [3.63, 3.8) is 0 Å². The van der Waals surface area contributed by atoms with Gasteiger partial charge in [-0.05, 0) is 31.6 Å². The van der Waals surface area contributed by atoms with Crippen LogP contribution in [-0.4, -0.2) is 96.7 Å². The molecule has 0 aliphatic rings. The number of aliphatic hydroxyl groups is 1. The summed E-state index contributed by atoms with van der Waals surface area (Å²) in [7, 11) is -9.92. The lowest BCUT2D eigenvalue weighted by Gasteiger charge is -2.21. The zero-order chi connectivity index (χ0) is 75.5. The van der Waals surface area contributed by atoms with Gasteiger partial charge in [0.2, 0.25) is 0 Å². The van der Waals surface area contributed by atoms with Gasteiger partial charge in [-0.3, -0.25) is 37.3 Å². The van der Waals surface area contributed by atoms with Gasteiger partial charge in [0.25, 0.3) is 0 Å². The first-order valence-corrected chi connectivity index (χ1v) is 46.6. The molecule has 17 nitrogen and oxygen atoms in total. The van der Waals surface area contributed by atoms with Gasteiger partial charge >= 0.3 is 39.5 Å². The second-order valence-electron chi connectivity index (χ2n) is 30.7. The molecule has 19 heteroatoms. The molecule has 0 radical (unpaired) electrons. The average Bonchev–Trinajstić information content (AvgIpc) is 0.940. The number of carbonyl (C=O) groups excluding carboxylic acids is 4. The Morgan fingerprint density at radius 1 is 0.262 bits per heavy atom. The summed E-state index contributed by atoms with van der Waals surface area (Å²) in [5, 5.41) is 10.7. The predicted molar refractivity (Wildman–Crippen MR) is 423 cm³/mol. The molecule has 103 heavy (non-hydrogen) atoms. The van der Waals surface area contributed by atoms with Gasteiger partial charge in [0.15, 0.2) is 12.2 Å². The Kier molecular flexibility index (Phi) is 75.4. The predicted octanol–water partition coefficient (Wildman–Crippen LogP) is 25.6. The fraction of sp³-hybridized carbons (Fsp3) is 0.952. The Bertz CT molecular complexity index is 1960. The molecule has 0 aromatic heterocycles. The Hall–Kier alpha value is -1.94. The van der Waals surface area contributed by atoms with Crippen molar-refractivity contribution in [2.45, 2.75) is 470 Å². The molecule has 0 aromatic carbocycles. The summed E-state index contributed by atoms with van der Waals surface area (Å²) in [5.74, 6) is -1.40. The molecule has 0 rings (SSSR count). The van der Waals surface area contributed by atoms with Crippen molar-refractivity contribution in [1.29, 1.82) is 0 Å². The number of unbranched alkanes of at least 4 members (excludes halogenated alkanes) is 56. The number of rotatable bonds is 84. The van der Waals surface area contributed by atoms with Crippen LogP contribution in [0.15, 0.2) is 0 Å². The maximum atomic E-state index is 13.1. The average molecular weight is 1510 g/mol. The van der Waals surface area contributed by atoms with Gasteiger partial charge in [-0.15, -0.1) is 0 Å². The highest BCUT2D eigenvalue weighted by molar-refractivity contribution is 7.47. The van der Waals surface area contributed by atoms with E-state index in [1.807, 2.05) is 0 Å². The van der Waals surface area contributed by atoms with Crippen LogP contribution in [0.3, 0.4) is 0 Å². The number of carbonyl (C=O) groups is 4. The largest absolute Gasteiger partial charge is 0.472 e. The summed E-state index contributed by atoms with van der Waals surface area (Å²) in [6, 6.07) is 0. The van der Waals surface area contributed by atoms with E-state index in [1.54, 1.807) is 0 Å². The highest BCUT2D eigenvalue weighted by atomic mass is 31.2. The lowest BCUT2D eigenvalue weighted by Crippen LogP contribution is -2.30. The number of esters is 4. The van der Waals surface area contributed by atoms with Crippen LogP contribution in [0.25, 0.3) is 0 Å². The van der Waals surface area contributed by atoms with Crippen LogP contribution in [0.2, 0.25) is 0 Å². The number of ether oxygens (including phenoxy) is 4. The molecule has 0 fully saturated rings. The van der Waals surface area contributed by atoms with Crippen LogP contribution in [0.5, 0.6) is 0 Å². The highest BCUT2D eigenvalue weighted by Gasteiger charge is 2.30. The maximum Gasteiger partial charge on any atom is 0.472 e. The summed E-state index contributed by atoms with van der Waals surface area (Å²) < 4.78 is 68.8. The molecule has 612 valence electrons. The van der Waals surface area contributed by atoms with Gasteiger partial charge in [-0.25, -0.2) is 9.13 Å². The molecule has 0 aliphatic carbocycles. The second kappa shape index (κ2) is 76.8. The molecule has 0 saturated heterocycles. The topological polar surface area (TPSA) is 237 Å². The molecular weight excluding hydrogens is 1340 g/mol. The Labute approximate surface area is 632 Å². The quantitative estimate of drug-likeness (QED) is 0.0222. The van der Waals surface area contributed by atoms with Crippen LogP contribution in [0, 0.1) is 5.92 Å². The van der Waals surface area contributed by atoms with Crippen LogP contribution < -0.4 is 0 Å². The van der Waals surface area contributed by atoms with Crippen molar-refractivity contribution in [3.05, 3.63) is 0 Å². The molecule has 3 N–H and O–H groups in total. The first-order valence-electron chi connectivity index (χ1n) is 43.6. The number of phosphoric acid groups is 2. The number of phosphoric ester groups is 2. The summed E-state index contributed by atoms with van der Waals surface area (Å²) in [6.07, 6.45) is 69.6. The minimum absolute atomic E-state index is 0.107. The van der Waals surface area contributed by atoms with Crippen LogP contribution in [0.1, 0.15) is 452 Å². The number of hydrogen-bond acceptors (Lipinski definition) is 15. The van der Waals surface area contributed by atoms with Crippen molar-refractivity contribution in [2.75, 3.05) is 39.6 Å². The Morgan fingerprint density at radius 2 is 0.447 bits per heavy atom. The molecule has 0 heterocycles. The normalized spacial score (nSPS) is 13.8. The van der Waals surface area contributed by atoms with E-state index in [9.17, 15) is 43.2 Å². The first-order chi connectivity index (χ1) is 50.0. The number of hydrogen-bond donors (Lipinski definition) is 3. The summed E-state index contributed by atoms with van der Waals surface area (Å²) >= 11 is 0. The molecule has 2 unspecified atom stereocenters. The zero-order valence-corrected chi connectivity index (χ0v) is 69.3. The van der Waals surface area contributed by atoms with Gasteiger partial charge < -0.3 is 33.8 Å². The molecule has 0 aliphatic heterocycles. The highest BCUT2D eigenvalue weighted by Crippen LogP contribution is 2.45. The smallest absolute Gasteiger partial charge is 0.462 e.